The second-order valence-electron chi connectivity index (χ2n) is 7.70. The van der Waals surface area contributed by atoms with E-state index in [2.05, 4.69) is 12.2 Å². The molecule has 3 nitrogen and oxygen atoms in total. The molecule has 3 heteroatoms. The number of unbranched alkanes of at least 4 members (excludes halogenated alkanes) is 15. The Bertz CT molecular complexity index is 281. The van der Waals surface area contributed by atoms with Crippen LogP contribution in [0.4, 0.5) is 0 Å². The van der Waals surface area contributed by atoms with Crippen molar-refractivity contribution < 1.29 is 9.90 Å². The maximum Gasteiger partial charge on any atom is 0.220 e. The molecule has 2 N–H and O–H groups in total. The number of amides is 1. The quantitative estimate of drug-likeness (QED) is 0.274. The third kappa shape index (κ3) is 19.6. The normalized spacial score (nSPS) is 12.3. The minimum absolute atomic E-state index is 0.0186. The topological polar surface area (TPSA) is 49.3 Å². The molecule has 150 valence electrons. The number of rotatable bonds is 19. The molecule has 0 radical (unpaired) electrons. The van der Waals surface area contributed by atoms with E-state index in [1.165, 1.54) is 89.9 Å². The lowest BCUT2D eigenvalue weighted by atomic mass is 10.0. The van der Waals surface area contributed by atoms with Gasteiger partial charge in [-0.3, -0.25) is 4.79 Å². The van der Waals surface area contributed by atoms with Crippen LogP contribution in [-0.2, 0) is 4.79 Å². The zero-order valence-corrected chi connectivity index (χ0v) is 17.2. The van der Waals surface area contributed by atoms with Crippen LogP contribution in [0.5, 0.6) is 0 Å². The molecule has 1 atom stereocenters. The Morgan fingerprint density at radius 2 is 1.08 bits per heavy atom. The monoisotopic (exact) mass is 355 g/mol. The Balaban J connectivity index is 3.11. The van der Waals surface area contributed by atoms with Gasteiger partial charge in [0.05, 0.1) is 6.61 Å². The Labute approximate surface area is 157 Å². The van der Waals surface area contributed by atoms with E-state index in [1.54, 1.807) is 0 Å². The average Bonchev–Trinajstić information content (AvgIpc) is 2.61. The van der Waals surface area contributed by atoms with Crippen molar-refractivity contribution in [3.05, 3.63) is 0 Å². The molecule has 0 rings (SSSR count). The van der Waals surface area contributed by atoms with Crippen molar-refractivity contribution in [3.8, 4) is 0 Å². The third-order valence-electron chi connectivity index (χ3n) is 4.94. The van der Waals surface area contributed by atoms with E-state index in [4.69, 9.17) is 5.11 Å². The van der Waals surface area contributed by atoms with E-state index >= 15 is 0 Å². The summed E-state index contributed by atoms with van der Waals surface area (Å²) in [6.45, 7) is 4.12. The molecule has 0 spiro atoms. The van der Waals surface area contributed by atoms with E-state index in [0.29, 0.717) is 6.42 Å². The number of hydrogen-bond acceptors (Lipinski definition) is 2. The van der Waals surface area contributed by atoms with Crippen LogP contribution in [0.15, 0.2) is 0 Å². The van der Waals surface area contributed by atoms with Gasteiger partial charge < -0.3 is 10.4 Å². The predicted molar refractivity (Wildman–Crippen MR) is 109 cm³/mol. The fourth-order valence-electron chi connectivity index (χ4n) is 3.23. The molecule has 0 saturated carbocycles. The minimum Gasteiger partial charge on any atom is -0.394 e. The van der Waals surface area contributed by atoms with Gasteiger partial charge in [-0.05, 0) is 13.3 Å². The third-order valence-corrected chi connectivity index (χ3v) is 4.94. The van der Waals surface area contributed by atoms with Crippen LogP contribution in [0.25, 0.3) is 0 Å². The number of nitrogens with one attached hydrogen (secondary N) is 1. The second-order valence-corrected chi connectivity index (χ2v) is 7.70. The highest BCUT2D eigenvalue weighted by molar-refractivity contribution is 5.76. The Hall–Kier alpha value is -0.570. The second kappa shape index (κ2) is 19.8. The van der Waals surface area contributed by atoms with Gasteiger partial charge in [-0.15, -0.1) is 0 Å². The van der Waals surface area contributed by atoms with E-state index in [0.717, 1.165) is 12.8 Å². The molecule has 0 aliphatic carbocycles. The highest BCUT2D eigenvalue weighted by Crippen LogP contribution is 2.14. The maximum absolute atomic E-state index is 11.5. The van der Waals surface area contributed by atoms with Crippen molar-refractivity contribution in [1.29, 1.82) is 0 Å². The fourth-order valence-corrected chi connectivity index (χ4v) is 3.23. The summed E-state index contributed by atoms with van der Waals surface area (Å²) in [5, 5.41) is 11.7. The summed E-state index contributed by atoms with van der Waals surface area (Å²) >= 11 is 0. The average molecular weight is 356 g/mol. The van der Waals surface area contributed by atoms with Gasteiger partial charge in [-0.2, -0.15) is 0 Å². The number of hydrogen-bond donors (Lipinski definition) is 2. The first-order chi connectivity index (χ1) is 12.2. The lowest BCUT2D eigenvalue weighted by Gasteiger charge is -2.10. The zero-order valence-electron chi connectivity index (χ0n) is 17.2. The number of carbonyl (C=O) groups is 1. The summed E-state index contributed by atoms with van der Waals surface area (Å²) in [5.74, 6) is 0.0758. The summed E-state index contributed by atoms with van der Waals surface area (Å²) in [6, 6.07) is -0.117. The van der Waals surface area contributed by atoms with Gasteiger partial charge in [0.2, 0.25) is 5.91 Å². The molecular formula is C22H45NO2. The summed E-state index contributed by atoms with van der Waals surface area (Å²) in [6.07, 6.45) is 22.2. The molecule has 0 bridgehead atoms. The summed E-state index contributed by atoms with van der Waals surface area (Å²) in [7, 11) is 0. The first-order valence-corrected chi connectivity index (χ1v) is 11.1. The van der Waals surface area contributed by atoms with E-state index in [1.807, 2.05) is 6.92 Å². The minimum atomic E-state index is -0.117. The van der Waals surface area contributed by atoms with Gasteiger partial charge in [0.25, 0.3) is 0 Å². The van der Waals surface area contributed by atoms with Crippen molar-refractivity contribution in [2.45, 2.75) is 129 Å². The van der Waals surface area contributed by atoms with Crippen molar-refractivity contribution >= 4 is 5.91 Å². The van der Waals surface area contributed by atoms with E-state index in [-0.39, 0.29) is 18.6 Å². The van der Waals surface area contributed by atoms with Crippen LogP contribution in [0.3, 0.4) is 0 Å². The molecule has 0 saturated heterocycles. The number of aliphatic hydroxyl groups excluding tert-OH is 1. The number of aliphatic hydroxyl groups is 1. The van der Waals surface area contributed by atoms with Crippen molar-refractivity contribution in [3.63, 3.8) is 0 Å². The predicted octanol–water partition coefficient (Wildman–Crippen LogP) is 6.14. The van der Waals surface area contributed by atoms with Crippen molar-refractivity contribution in [1.82, 2.24) is 5.32 Å². The van der Waals surface area contributed by atoms with Gasteiger partial charge in [0.15, 0.2) is 0 Å². The first-order valence-electron chi connectivity index (χ1n) is 11.1. The van der Waals surface area contributed by atoms with Crippen LogP contribution in [-0.4, -0.2) is 23.7 Å². The molecule has 0 aliphatic heterocycles. The Morgan fingerprint density at radius 3 is 1.44 bits per heavy atom. The lowest BCUT2D eigenvalue weighted by molar-refractivity contribution is -0.122. The standard InChI is InChI=1S/C22H45NO2/c1-3-4-5-6-7-8-9-10-11-12-13-14-15-16-17-18-19-22(25)23-21(2)20-24/h21,24H,3-20H2,1-2H3,(H,23,25). The SMILES string of the molecule is CCCCCCCCCCCCCCCCCCC(=O)NC(C)CO. The fraction of sp³-hybridized carbons (Fsp3) is 0.955. The van der Waals surface area contributed by atoms with Crippen molar-refractivity contribution in [2.75, 3.05) is 6.61 Å². The molecule has 0 aliphatic rings. The molecular weight excluding hydrogens is 310 g/mol. The largest absolute Gasteiger partial charge is 0.394 e. The molecule has 25 heavy (non-hydrogen) atoms. The molecule has 0 heterocycles. The molecule has 0 aromatic rings. The summed E-state index contributed by atoms with van der Waals surface area (Å²) in [5.41, 5.74) is 0. The molecule has 1 unspecified atom stereocenters. The van der Waals surface area contributed by atoms with Gasteiger partial charge in [0, 0.05) is 12.5 Å². The molecule has 1 amide bonds. The van der Waals surface area contributed by atoms with Gasteiger partial charge >= 0.3 is 0 Å². The van der Waals surface area contributed by atoms with Crippen LogP contribution in [0.1, 0.15) is 123 Å². The van der Waals surface area contributed by atoms with E-state index in [9.17, 15) is 4.79 Å². The van der Waals surface area contributed by atoms with Crippen LogP contribution in [0.2, 0.25) is 0 Å². The van der Waals surface area contributed by atoms with Gasteiger partial charge in [-0.25, -0.2) is 0 Å². The van der Waals surface area contributed by atoms with Crippen molar-refractivity contribution in [2.24, 2.45) is 0 Å². The lowest BCUT2D eigenvalue weighted by Crippen LogP contribution is -2.34. The van der Waals surface area contributed by atoms with Gasteiger partial charge in [0.1, 0.15) is 0 Å². The maximum atomic E-state index is 11.5. The molecule has 0 aromatic heterocycles. The Kier molecular flexibility index (Phi) is 19.3. The smallest absolute Gasteiger partial charge is 0.220 e. The number of carbonyl (C=O) groups excluding carboxylic acids is 1. The van der Waals surface area contributed by atoms with Crippen LogP contribution >= 0.6 is 0 Å². The zero-order chi connectivity index (χ0) is 18.6. The Morgan fingerprint density at radius 1 is 0.720 bits per heavy atom. The highest BCUT2D eigenvalue weighted by Gasteiger charge is 2.05. The molecule has 0 fully saturated rings. The van der Waals surface area contributed by atoms with Crippen LogP contribution in [0, 0.1) is 0 Å². The summed E-state index contributed by atoms with van der Waals surface area (Å²) < 4.78 is 0. The molecule has 0 aromatic carbocycles. The van der Waals surface area contributed by atoms with Gasteiger partial charge in [-0.1, -0.05) is 103 Å². The van der Waals surface area contributed by atoms with E-state index < -0.39 is 0 Å². The first kappa shape index (κ1) is 24.4. The summed E-state index contributed by atoms with van der Waals surface area (Å²) in [4.78, 5) is 11.5. The highest BCUT2D eigenvalue weighted by atomic mass is 16.3. The van der Waals surface area contributed by atoms with Crippen LogP contribution < -0.4 is 5.32 Å².